The van der Waals surface area contributed by atoms with Crippen molar-refractivity contribution >= 4 is 23.1 Å². The van der Waals surface area contributed by atoms with Gasteiger partial charge in [-0.1, -0.05) is 37.6 Å². The van der Waals surface area contributed by atoms with E-state index in [4.69, 9.17) is 4.74 Å². The predicted octanol–water partition coefficient (Wildman–Crippen LogP) is 6.31. The number of anilines is 1. The topological polar surface area (TPSA) is 67.4 Å². The third-order valence-electron chi connectivity index (χ3n) is 7.08. The zero-order chi connectivity index (χ0) is 25.4. The van der Waals surface area contributed by atoms with Gasteiger partial charge in [-0.3, -0.25) is 9.59 Å². The Morgan fingerprint density at radius 2 is 1.86 bits per heavy atom. The van der Waals surface area contributed by atoms with Gasteiger partial charge in [0, 0.05) is 39.7 Å². The van der Waals surface area contributed by atoms with E-state index < -0.39 is 0 Å². The van der Waals surface area contributed by atoms with Crippen LogP contribution in [-0.2, 0) is 11.2 Å². The van der Waals surface area contributed by atoms with E-state index >= 15 is 0 Å². The van der Waals surface area contributed by atoms with Crippen LogP contribution in [0.4, 0.5) is 5.69 Å². The van der Waals surface area contributed by atoms with Gasteiger partial charge in [-0.15, -0.1) is 0 Å². The summed E-state index contributed by atoms with van der Waals surface area (Å²) in [6.07, 6.45) is 5.55. The maximum atomic E-state index is 13.3. The molecule has 2 aromatic rings. The molecule has 35 heavy (non-hydrogen) atoms. The van der Waals surface area contributed by atoms with Crippen molar-refractivity contribution in [2.45, 2.75) is 65.8 Å². The molecule has 1 aliphatic heterocycles. The summed E-state index contributed by atoms with van der Waals surface area (Å²) >= 11 is 0. The molecule has 1 heterocycles. The highest BCUT2D eigenvalue weighted by Gasteiger charge is 2.33. The van der Waals surface area contributed by atoms with Gasteiger partial charge in [-0.2, -0.15) is 0 Å². The first-order valence-corrected chi connectivity index (χ1v) is 12.3. The van der Waals surface area contributed by atoms with Gasteiger partial charge in [0.2, 0.25) is 0 Å². The molecule has 0 bridgehead atoms. The van der Waals surface area contributed by atoms with E-state index in [0.717, 1.165) is 53.8 Å². The lowest BCUT2D eigenvalue weighted by atomic mass is 9.72. The van der Waals surface area contributed by atoms with Crippen molar-refractivity contribution in [3.8, 4) is 5.75 Å². The van der Waals surface area contributed by atoms with E-state index in [9.17, 15) is 9.59 Å². The first-order valence-electron chi connectivity index (χ1n) is 12.3. The standard InChI is InChI=1S/C30H36N2O3/c1-19-9-8-14-29(2,3)27(19)28(34)31-22-11-7-10-20(15-22)26(33)17-25-24-16-23(35-6)13-12-21(24)18-30(4,5)32-25/h7,10-13,15-17,32H,8-9,14,18H2,1-6H3,(H,31,34)/b25-17-. The van der Waals surface area contributed by atoms with Gasteiger partial charge in [0.1, 0.15) is 5.75 Å². The molecule has 5 nitrogen and oxygen atoms in total. The van der Waals surface area contributed by atoms with Crippen LogP contribution in [0.25, 0.3) is 5.70 Å². The molecular formula is C30H36N2O3. The molecule has 2 aromatic carbocycles. The molecular weight excluding hydrogens is 436 g/mol. The Bertz CT molecular complexity index is 1230. The number of ketones is 1. The molecule has 184 valence electrons. The largest absolute Gasteiger partial charge is 0.497 e. The van der Waals surface area contributed by atoms with Crippen LogP contribution in [0.15, 0.2) is 59.7 Å². The number of amides is 1. The predicted molar refractivity (Wildman–Crippen MR) is 142 cm³/mol. The van der Waals surface area contributed by atoms with E-state index in [1.807, 2.05) is 31.2 Å². The van der Waals surface area contributed by atoms with Crippen molar-refractivity contribution in [3.63, 3.8) is 0 Å². The minimum atomic E-state index is -0.179. The summed E-state index contributed by atoms with van der Waals surface area (Å²) in [5, 5.41) is 6.55. The fourth-order valence-electron chi connectivity index (χ4n) is 5.44. The molecule has 0 radical (unpaired) electrons. The van der Waals surface area contributed by atoms with Crippen molar-refractivity contribution < 1.29 is 14.3 Å². The number of ether oxygens (including phenoxy) is 1. The number of fused-ring (bicyclic) bond motifs is 1. The van der Waals surface area contributed by atoms with E-state index in [1.165, 1.54) is 5.56 Å². The summed E-state index contributed by atoms with van der Waals surface area (Å²) in [7, 11) is 1.64. The highest BCUT2D eigenvalue weighted by molar-refractivity contribution is 6.10. The van der Waals surface area contributed by atoms with E-state index in [2.05, 4.69) is 44.4 Å². The Morgan fingerprint density at radius 1 is 1.09 bits per heavy atom. The minimum Gasteiger partial charge on any atom is -0.497 e. The van der Waals surface area contributed by atoms with Crippen molar-refractivity contribution in [2.24, 2.45) is 5.41 Å². The molecule has 5 heteroatoms. The molecule has 0 spiro atoms. The van der Waals surface area contributed by atoms with Gasteiger partial charge in [-0.05, 0) is 81.7 Å². The monoisotopic (exact) mass is 472 g/mol. The van der Waals surface area contributed by atoms with Crippen LogP contribution in [0.1, 0.15) is 75.4 Å². The molecule has 0 saturated heterocycles. The Morgan fingerprint density at radius 3 is 2.57 bits per heavy atom. The maximum Gasteiger partial charge on any atom is 0.252 e. The Hall–Kier alpha value is -3.34. The Labute approximate surface area is 208 Å². The third kappa shape index (κ3) is 5.34. The summed E-state index contributed by atoms with van der Waals surface area (Å²) in [6.45, 7) is 10.5. The second kappa shape index (κ2) is 9.37. The van der Waals surface area contributed by atoms with Crippen molar-refractivity contribution in [1.29, 1.82) is 0 Å². The van der Waals surface area contributed by atoms with Crippen LogP contribution in [0.5, 0.6) is 5.75 Å². The maximum absolute atomic E-state index is 13.3. The number of allylic oxidation sites excluding steroid dienone is 2. The number of carbonyl (C=O) groups is 2. The summed E-state index contributed by atoms with van der Waals surface area (Å²) in [5.74, 6) is 0.555. The van der Waals surface area contributed by atoms with Gasteiger partial charge in [-0.25, -0.2) is 0 Å². The first-order chi connectivity index (χ1) is 16.5. The molecule has 0 saturated carbocycles. The summed E-state index contributed by atoms with van der Waals surface area (Å²) in [6, 6.07) is 13.2. The van der Waals surface area contributed by atoms with Gasteiger partial charge in [0.05, 0.1) is 7.11 Å². The smallest absolute Gasteiger partial charge is 0.252 e. The second-order valence-electron chi connectivity index (χ2n) is 11.1. The lowest BCUT2D eigenvalue weighted by molar-refractivity contribution is -0.114. The summed E-state index contributed by atoms with van der Waals surface area (Å²) < 4.78 is 5.41. The average Bonchev–Trinajstić information content (AvgIpc) is 2.77. The fraction of sp³-hybridized carbons (Fsp3) is 0.400. The normalized spacial score (nSPS) is 19.5. The van der Waals surface area contributed by atoms with E-state index in [0.29, 0.717) is 11.3 Å². The third-order valence-corrected chi connectivity index (χ3v) is 7.08. The number of rotatable bonds is 5. The quantitative estimate of drug-likeness (QED) is 0.395. The van der Waals surface area contributed by atoms with Crippen molar-refractivity contribution in [2.75, 3.05) is 12.4 Å². The van der Waals surface area contributed by atoms with Crippen LogP contribution in [0.3, 0.4) is 0 Å². The molecule has 0 unspecified atom stereocenters. The average molecular weight is 473 g/mol. The lowest BCUT2D eigenvalue weighted by Gasteiger charge is -2.35. The molecule has 0 fully saturated rings. The zero-order valence-electron chi connectivity index (χ0n) is 21.7. The van der Waals surface area contributed by atoms with E-state index in [-0.39, 0.29) is 22.6 Å². The first kappa shape index (κ1) is 24.8. The van der Waals surface area contributed by atoms with Gasteiger partial charge < -0.3 is 15.4 Å². The van der Waals surface area contributed by atoms with E-state index in [1.54, 1.807) is 25.3 Å². The van der Waals surface area contributed by atoms with Crippen LogP contribution in [0.2, 0.25) is 0 Å². The summed E-state index contributed by atoms with van der Waals surface area (Å²) in [5.41, 5.74) is 5.76. The van der Waals surface area contributed by atoms with Gasteiger partial charge in [0.25, 0.3) is 5.91 Å². The van der Waals surface area contributed by atoms with Crippen LogP contribution in [-0.4, -0.2) is 24.3 Å². The minimum absolute atomic E-state index is 0.0770. The van der Waals surface area contributed by atoms with Gasteiger partial charge in [0.15, 0.2) is 5.78 Å². The number of hydrogen-bond acceptors (Lipinski definition) is 4. The highest BCUT2D eigenvalue weighted by Crippen LogP contribution is 2.40. The van der Waals surface area contributed by atoms with Gasteiger partial charge >= 0.3 is 0 Å². The molecule has 2 aliphatic rings. The summed E-state index contributed by atoms with van der Waals surface area (Å²) in [4.78, 5) is 26.5. The Balaban J connectivity index is 1.61. The number of nitrogens with one attached hydrogen (secondary N) is 2. The second-order valence-corrected chi connectivity index (χ2v) is 11.1. The van der Waals surface area contributed by atoms with Crippen LogP contribution >= 0.6 is 0 Å². The molecule has 0 atom stereocenters. The van der Waals surface area contributed by atoms with Crippen LogP contribution in [0, 0.1) is 5.41 Å². The van der Waals surface area contributed by atoms with Crippen molar-refractivity contribution in [3.05, 3.63) is 76.4 Å². The molecule has 1 aliphatic carbocycles. The number of benzene rings is 2. The number of methoxy groups -OCH3 is 1. The van der Waals surface area contributed by atoms with Crippen LogP contribution < -0.4 is 15.4 Å². The number of hydrogen-bond donors (Lipinski definition) is 2. The highest BCUT2D eigenvalue weighted by atomic mass is 16.5. The molecule has 0 aromatic heterocycles. The number of carbonyl (C=O) groups excluding carboxylic acids is 2. The molecule has 2 N–H and O–H groups in total. The lowest BCUT2D eigenvalue weighted by Crippen LogP contribution is -2.43. The fourth-order valence-corrected chi connectivity index (χ4v) is 5.44. The zero-order valence-corrected chi connectivity index (χ0v) is 21.7. The Kier molecular flexibility index (Phi) is 6.63. The van der Waals surface area contributed by atoms with Crippen molar-refractivity contribution in [1.82, 2.24) is 5.32 Å². The molecule has 4 rings (SSSR count). The SMILES string of the molecule is COc1ccc2c(c1)/C(=C/C(=O)c1cccc(NC(=O)C3=C(C)CCCC3(C)C)c1)NC(C)(C)C2. The molecule has 1 amide bonds.